The third-order valence-electron chi connectivity index (χ3n) is 3.76. The summed E-state index contributed by atoms with van der Waals surface area (Å²) in [4.78, 5) is 13.1. The molecular formula is C13H14N4O2S. The predicted molar refractivity (Wildman–Crippen MR) is 76.5 cm³/mol. The Morgan fingerprint density at radius 3 is 3.25 bits per heavy atom. The van der Waals surface area contributed by atoms with Gasteiger partial charge in [-0.2, -0.15) is 0 Å². The number of thioether (sulfide) groups is 1. The van der Waals surface area contributed by atoms with Gasteiger partial charge in [0.05, 0.1) is 24.1 Å². The van der Waals surface area contributed by atoms with E-state index in [2.05, 4.69) is 15.0 Å². The number of aromatic nitrogens is 2. The molecule has 2 N–H and O–H groups in total. The highest BCUT2D eigenvalue weighted by atomic mass is 32.2. The topological polar surface area (TPSA) is 86.5 Å². The molecule has 1 saturated heterocycles. The molecule has 0 saturated carbocycles. The Morgan fingerprint density at radius 2 is 2.35 bits per heavy atom. The van der Waals surface area contributed by atoms with E-state index in [0.717, 1.165) is 24.1 Å². The molecule has 6 nitrogen and oxygen atoms in total. The van der Waals surface area contributed by atoms with Crippen LogP contribution >= 0.6 is 11.8 Å². The van der Waals surface area contributed by atoms with E-state index >= 15 is 0 Å². The van der Waals surface area contributed by atoms with Gasteiger partial charge < -0.3 is 14.9 Å². The minimum Gasteiger partial charge on any atom is -0.439 e. The van der Waals surface area contributed by atoms with Crippen molar-refractivity contribution < 1.29 is 9.15 Å². The van der Waals surface area contributed by atoms with E-state index in [0.29, 0.717) is 23.6 Å². The van der Waals surface area contributed by atoms with Gasteiger partial charge >= 0.3 is 0 Å². The molecule has 0 aromatic carbocycles. The third-order valence-corrected chi connectivity index (χ3v) is 4.91. The lowest BCUT2D eigenvalue weighted by Gasteiger charge is -2.36. The second-order valence-electron chi connectivity index (χ2n) is 5.00. The maximum Gasteiger partial charge on any atom is 0.209 e. The van der Waals surface area contributed by atoms with Crippen molar-refractivity contribution in [3.8, 4) is 0 Å². The summed E-state index contributed by atoms with van der Waals surface area (Å²) >= 11 is 1.54. The molecule has 3 unspecified atom stereocenters. The first-order valence-electron chi connectivity index (χ1n) is 6.59. The normalized spacial score (nSPS) is 30.0. The second kappa shape index (κ2) is 4.75. The summed E-state index contributed by atoms with van der Waals surface area (Å²) in [7, 11) is 0. The molecule has 2 aromatic heterocycles. The summed E-state index contributed by atoms with van der Waals surface area (Å²) in [5, 5.41) is 0.691. The Labute approximate surface area is 119 Å². The third kappa shape index (κ3) is 1.97. The number of hydrogen-bond acceptors (Lipinski definition) is 7. The molecule has 0 radical (unpaired) electrons. The van der Waals surface area contributed by atoms with Gasteiger partial charge in [0.2, 0.25) is 5.89 Å². The van der Waals surface area contributed by atoms with Crippen molar-refractivity contribution in [2.24, 2.45) is 16.6 Å². The number of ether oxygens (including phenoxy) is 1. The highest BCUT2D eigenvalue weighted by molar-refractivity contribution is 8.14. The van der Waals surface area contributed by atoms with Gasteiger partial charge in [-0.15, -0.1) is 0 Å². The molecule has 104 valence electrons. The lowest BCUT2D eigenvalue weighted by Crippen LogP contribution is -2.39. The van der Waals surface area contributed by atoms with Crippen LogP contribution < -0.4 is 5.73 Å². The number of rotatable bonds is 1. The Kier molecular flexibility index (Phi) is 2.89. The summed E-state index contributed by atoms with van der Waals surface area (Å²) in [6, 6.07) is 1.95. The van der Waals surface area contributed by atoms with E-state index in [-0.39, 0.29) is 11.3 Å². The number of nitrogens with zero attached hydrogens (tertiary/aromatic N) is 3. The van der Waals surface area contributed by atoms with E-state index < -0.39 is 0 Å². The van der Waals surface area contributed by atoms with Crippen molar-refractivity contribution in [3.05, 3.63) is 24.4 Å². The van der Waals surface area contributed by atoms with Gasteiger partial charge in [-0.25, -0.2) is 4.98 Å². The number of amidine groups is 1. The van der Waals surface area contributed by atoms with E-state index in [1.54, 1.807) is 12.4 Å². The highest BCUT2D eigenvalue weighted by Gasteiger charge is 2.40. The molecule has 0 bridgehead atoms. The van der Waals surface area contributed by atoms with E-state index in [9.17, 15) is 0 Å². The molecule has 2 aromatic rings. The molecule has 0 spiro atoms. The number of hydrogen-bond donors (Lipinski definition) is 1. The smallest absolute Gasteiger partial charge is 0.209 e. The lowest BCUT2D eigenvalue weighted by atomic mass is 9.91. The largest absolute Gasteiger partial charge is 0.439 e. The quantitative estimate of drug-likeness (QED) is 0.860. The van der Waals surface area contributed by atoms with Crippen molar-refractivity contribution in [3.63, 3.8) is 0 Å². The fourth-order valence-corrected chi connectivity index (χ4v) is 3.94. The van der Waals surface area contributed by atoms with Crippen molar-refractivity contribution >= 4 is 28.0 Å². The van der Waals surface area contributed by atoms with Crippen LogP contribution in [0.25, 0.3) is 11.1 Å². The first-order chi connectivity index (χ1) is 9.81. The molecular weight excluding hydrogens is 276 g/mol. The van der Waals surface area contributed by atoms with Crippen LogP contribution in [0.4, 0.5) is 0 Å². The zero-order chi connectivity index (χ0) is 13.5. The number of fused-ring (bicyclic) bond motifs is 2. The summed E-state index contributed by atoms with van der Waals surface area (Å²) in [6.07, 6.45) is 4.38. The van der Waals surface area contributed by atoms with E-state index in [1.165, 1.54) is 11.8 Å². The lowest BCUT2D eigenvalue weighted by molar-refractivity contribution is 0.0466. The molecule has 4 rings (SSSR count). The Bertz CT molecular complexity index is 638. The fourth-order valence-electron chi connectivity index (χ4n) is 2.79. The van der Waals surface area contributed by atoms with Crippen LogP contribution in [0.2, 0.25) is 0 Å². The Hall–Kier alpha value is -1.60. The standard InChI is InChI=1S/C13H14N4O2S/c14-13-17-9-6-18-4-2-7(9)11(20-13)12-16-8-5-15-3-1-10(8)19-12/h1,3,5,7,9,11H,2,4,6H2,(H2,14,17). The van der Waals surface area contributed by atoms with Gasteiger partial charge in [-0.3, -0.25) is 9.98 Å². The summed E-state index contributed by atoms with van der Waals surface area (Å²) in [5.74, 6) is 1.08. The molecule has 1 fully saturated rings. The summed E-state index contributed by atoms with van der Waals surface area (Å²) in [5.41, 5.74) is 7.49. The van der Waals surface area contributed by atoms with E-state index in [4.69, 9.17) is 14.9 Å². The van der Waals surface area contributed by atoms with Crippen LogP contribution in [0.1, 0.15) is 17.6 Å². The zero-order valence-electron chi connectivity index (χ0n) is 10.7. The van der Waals surface area contributed by atoms with Crippen LogP contribution in [0.3, 0.4) is 0 Å². The van der Waals surface area contributed by atoms with Crippen molar-refractivity contribution in [1.29, 1.82) is 0 Å². The van der Waals surface area contributed by atoms with Gasteiger partial charge in [0.15, 0.2) is 10.8 Å². The predicted octanol–water partition coefficient (Wildman–Crippen LogP) is 1.73. The van der Waals surface area contributed by atoms with Crippen LogP contribution in [0.15, 0.2) is 27.9 Å². The first-order valence-corrected chi connectivity index (χ1v) is 7.47. The molecule has 0 aliphatic carbocycles. The number of nitrogens with two attached hydrogens (primary N) is 1. The van der Waals surface area contributed by atoms with Crippen LogP contribution in [-0.2, 0) is 4.74 Å². The monoisotopic (exact) mass is 290 g/mol. The summed E-state index contributed by atoms with van der Waals surface area (Å²) in [6.45, 7) is 1.39. The van der Waals surface area contributed by atoms with Gasteiger partial charge in [0.1, 0.15) is 5.52 Å². The van der Waals surface area contributed by atoms with Gasteiger partial charge in [0, 0.05) is 24.8 Å². The van der Waals surface area contributed by atoms with Gasteiger partial charge in [-0.1, -0.05) is 11.8 Å². The zero-order valence-corrected chi connectivity index (χ0v) is 11.5. The van der Waals surface area contributed by atoms with Gasteiger partial charge in [-0.05, 0) is 6.42 Å². The van der Waals surface area contributed by atoms with Crippen molar-refractivity contribution in [1.82, 2.24) is 9.97 Å². The van der Waals surface area contributed by atoms with Crippen LogP contribution in [0.5, 0.6) is 0 Å². The SMILES string of the molecule is NC1=NC2COCCC2C(c2nc3cnccc3o2)S1. The fraction of sp³-hybridized carbons (Fsp3) is 0.462. The molecule has 2 aliphatic heterocycles. The molecule has 7 heteroatoms. The minimum absolute atomic E-state index is 0.105. The molecule has 20 heavy (non-hydrogen) atoms. The summed E-state index contributed by atoms with van der Waals surface area (Å²) < 4.78 is 11.4. The first kappa shape index (κ1) is 12.2. The van der Waals surface area contributed by atoms with Crippen molar-refractivity contribution in [2.75, 3.05) is 13.2 Å². The Balaban J connectivity index is 1.74. The second-order valence-corrected chi connectivity index (χ2v) is 6.16. The average Bonchev–Trinajstić information content (AvgIpc) is 2.90. The van der Waals surface area contributed by atoms with E-state index in [1.807, 2.05) is 6.07 Å². The van der Waals surface area contributed by atoms with Crippen LogP contribution in [-0.4, -0.2) is 34.4 Å². The maximum absolute atomic E-state index is 5.94. The average molecular weight is 290 g/mol. The molecule has 3 atom stereocenters. The maximum atomic E-state index is 5.94. The van der Waals surface area contributed by atoms with Crippen LogP contribution in [0, 0.1) is 5.92 Å². The molecule has 4 heterocycles. The number of aliphatic imine (C=N–C) groups is 1. The highest BCUT2D eigenvalue weighted by Crippen LogP contribution is 2.45. The van der Waals surface area contributed by atoms with Gasteiger partial charge in [0.25, 0.3) is 0 Å². The Morgan fingerprint density at radius 1 is 1.40 bits per heavy atom. The minimum atomic E-state index is 0.105. The number of oxazole rings is 1. The van der Waals surface area contributed by atoms with Crippen molar-refractivity contribution in [2.45, 2.75) is 17.7 Å². The number of pyridine rings is 1. The molecule has 2 aliphatic rings. The molecule has 0 amide bonds.